The van der Waals surface area contributed by atoms with Crippen LogP contribution in [0.25, 0.3) is 0 Å². The summed E-state index contributed by atoms with van der Waals surface area (Å²) in [6.45, 7) is 4.24. The molecule has 0 aliphatic heterocycles. The summed E-state index contributed by atoms with van der Waals surface area (Å²) >= 11 is 13.6. The van der Waals surface area contributed by atoms with Crippen molar-refractivity contribution in [3.05, 3.63) is 57.3 Å². The van der Waals surface area contributed by atoms with Crippen LogP contribution in [0.15, 0.2) is 35.4 Å². The molecule has 0 fully saturated rings. The summed E-state index contributed by atoms with van der Waals surface area (Å²) in [5, 5.41) is 1.10. The van der Waals surface area contributed by atoms with Gasteiger partial charge < -0.3 is 0 Å². The Morgan fingerprint density at radius 2 is 1.89 bits per heavy atom. The molecule has 0 amide bonds. The molecule has 0 bridgehead atoms. The van der Waals surface area contributed by atoms with Crippen LogP contribution in [0.5, 0.6) is 0 Å². The van der Waals surface area contributed by atoms with E-state index in [1.165, 1.54) is 16.0 Å². The number of rotatable bonds is 3. The van der Waals surface area contributed by atoms with E-state index in [0.717, 1.165) is 11.3 Å². The third kappa shape index (κ3) is 3.41. The number of halogens is 2. The maximum atomic E-state index is 6.11. The Balaban J connectivity index is 2.09. The molecule has 1 nitrogen and oxygen atoms in total. The molecule has 0 N–H and O–H groups in total. The number of pyridine rings is 1. The summed E-state index contributed by atoms with van der Waals surface area (Å²) in [7, 11) is 0. The third-order valence-electron chi connectivity index (χ3n) is 2.77. The van der Waals surface area contributed by atoms with E-state index < -0.39 is 0 Å². The number of hydrogen-bond donors (Lipinski definition) is 0. The smallest absolute Gasteiger partial charge is 0.130 e. The van der Waals surface area contributed by atoms with Gasteiger partial charge in [0.2, 0.25) is 0 Å². The Morgan fingerprint density at radius 1 is 1.11 bits per heavy atom. The highest BCUT2D eigenvalue weighted by Gasteiger charge is 2.04. The van der Waals surface area contributed by atoms with Gasteiger partial charge in [0, 0.05) is 21.9 Å². The Kier molecular flexibility index (Phi) is 4.55. The Labute approximate surface area is 122 Å². The predicted octanol–water partition coefficient (Wildman–Crippen LogP) is 5.30. The van der Waals surface area contributed by atoms with Crippen LogP contribution >= 0.6 is 35.0 Å². The summed E-state index contributed by atoms with van der Waals surface area (Å²) in [5.74, 6) is 0.797. The normalized spacial score (nSPS) is 10.7. The van der Waals surface area contributed by atoms with Crippen molar-refractivity contribution in [1.29, 1.82) is 0 Å². The molecule has 18 heavy (non-hydrogen) atoms. The van der Waals surface area contributed by atoms with Crippen molar-refractivity contribution in [1.82, 2.24) is 4.98 Å². The van der Waals surface area contributed by atoms with Gasteiger partial charge in [0.05, 0.1) is 0 Å². The van der Waals surface area contributed by atoms with E-state index in [1.807, 2.05) is 0 Å². The number of aromatic nitrogens is 1. The van der Waals surface area contributed by atoms with E-state index in [1.54, 1.807) is 24.0 Å². The summed E-state index contributed by atoms with van der Waals surface area (Å²) in [4.78, 5) is 5.29. The highest BCUT2D eigenvalue weighted by Crippen LogP contribution is 2.28. The summed E-state index contributed by atoms with van der Waals surface area (Å²) in [6.07, 6.45) is 1.73. The molecular weight excluding hydrogens is 285 g/mol. The van der Waals surface area contributed by atoms with Crippen LogP contribution in [0.4, 0.5) is 0 Å². The highest BCUT2D eigenvalue weighted by atomic mass is 35.5. The lowest BCUT2D eigenvalue weighted by Gasteiger charge is -2.06. The molecule has 2 rings (SSSR count). The van der Waals surface area contributed by atoms with Gasteiger partial charge in [0.15, 0.2) is 0 Å². The number of nitrogens with zero attached hydrogens (tertiary/aromatic N) is 1. The number of aryl methyl sites for hydroxylation is 2. The van der Waals surface area contributed by atoms with Crippen LogP contribution in [0.3, 0.4) is 0 Å². The van der Waals surface area contributed by atoms with Crippen LogP contribution in [0.2, 0.25) is 10.2 Å². The summed E-state index contributed by atoms with van der Waals surface area (Å²) in [6, 6.07) is 8.14. The maximum Gasteiger partial charge on any atom is 0.130 e. The first kappa shape index (κ1) is 13.7. The SMILES string of the molecule is Cc1ccc(SCc2cnc(Cl)cc2Cl)cc1C. The Hall–Kier alpha value is -0.700. The molecule has 1 aromatic carbocycles. The first-order chi connectivity index (χ1) is 8.56. The van der Waals surface area contributed by atoms with Crippen molar-refractivity contribution >= 4 is 35.0 Å². The van der Waals surface area contributed by atoms with E-state index in [4.69, 9.17) is 23.2 Å². The van der Waals surface area contributed by atoms with E-state index >= 15 is 0 Å². The zero-order valence-electron chi connectivity index (χ0n) is 10.2. The quantitative estimate of drug-likeness (QED) is 0.563. The highest BCUT2D eigenvalue weighted by molar-refractivity contribution is 7.98. The van der Waals surface area contributed by atoms with Crippen molar-refractivity contribution in [2.75, 3.05) is 0 Å². The minimum Gasteiger partial charge on any atom is -0.244 e. The molecule has 0 unspecified atom stereocenters. The van der Waals surface area contributed by atoms with Gasteiger partial charge in [-0.1, -0.05) is 29.3 Å². The number of benzene rings is 1. The Morgan fingerprint density at radius 3 is 2.56 bits per heavy atom. The fraction of sp³-hybridized carbons (Fsp3) is 0.214. The van der Waals surface area contributed by atoms with Gasteiger partial charge in [-0.05, 0) is 48.7 Å². The second-order valence-electron chi connectivity index (χ2n) is 4.13. The van der Waals surface area contributed by atoms with Gasteiger partial charge in [-0.3, -0.25) is 0 Å². The van der Waals surface area contributed by atoms with Crippen LogP contribution in [-0.2, 0) is 5.75 Å². The molecule has 0 spiro atoms. The molecule has 0 saturated heterocycles. The largest absolute Gasteiger partial charge is 0.244 e. The summed E-state index contributed by atoms with van der Waals surface area (Å²) < 4.78 is 0. The molecule has 0 saturated carbocycles. The molecule has 0 atom stereocenters. The standard InChI is InChI=1S/C14H13Cl2NS/c1-9-3-4-12(5-10(9)2)18-8-11-7-17-14(16)6-13(11)15/h3-7H,8H2,1-2H3. The zero-order valence-corrected chi connectivity index (χ0v) is 12.5. The van der Waals surface area contributed by atoms with E-state index in [2.05, 4.69) is 37.0 Å². The van der Waals surface area contributed by atoms with Gasteiger partial charge in [-0.2, -0.15) is 0 Å². The van der Waals surface area contributed by atoms with Crippen molar-refractivity contribution in [2.45, 2.75) is 24.5 Å². The summed E-state index contributed by atoms with van der Waals surface area (Å²) in [5.41, 5.74) is 3.62. The second kappa shape index (κ2) is 5.96. The minimum atomic E-state index is 0.430. The molecule has 2 aromatic rings. The maximum absolute atomic E-state index is 6.11. The fourth-order valence-electron chi connectivity index (χ4n) is 1.51. The van der Waals surface area contributed by atoms with Gasteiger partial charge >= 0.3 is 0 Å². The lowest BCUT2D eigenvalue weighted by molar-refractivity contribution is 1.24. The van der Waals surface area contributed by atoms with Gasteiger partial charge in [0.1, 0.15) is 5.15 Å². The van der Waals surface area contributed by atoms with E-state index in [-0.39, 0.29) is 0 Å². The average Bonchev–Trinajstić information content (AvgIpc) is 2.32. The molecule has 1 heterocycles. The van der Waals surface area contributed by atoms with Crippen molar-refractivity contribution in [3.63, 3.8) is 0 Å². The third-order valence-corrected chi connectivity index (χ3v) is 4.37. The molecule has 0 aliphatic rings. The zero-order chi connectivity index (χ0) is 13.1. The van der Waals surface area contributed by atoms with Crippen LogP contribution in [0, 0.1) is 13.8 Å². The van der Waals surface area contributed by atoms with Gasteiger partial charge in [-0.15, -0.1) is 11.8 Å². The van der Waals surface area contributed by atoms with Crippen LogP contribution in [0.1, 0.15) is 16.7 Å². The second-order valence-corrected chi connectivity index (χ2v) is 5.98. The lowest BCUT2D eigenvalue weighted by atomic mass is 10.1. The first-order valence-electron chi connectivity index (χ1n) is 5.56. The molecule has 1 aromatic heterocycles. The van der Waals surface area contributed by atoms with Crippen molar-refractivity contribution in [2.24, 2.45) is 0 Å². The predicted molar refractivity (Wildman–Crippen MR) is 79.7 cm³/mol. The fourth-order valence-corrected chi connectivity index (χ4v) is 3.00. The number of hydrogen-bond acceptors (Lipinski definition) is 2. The minimum absolute atomic E-state index is 0.430. The Bertz CT molecular complexity index is 570. The molecule has 0 radical (unpaired) electrons. The van der Waals surface area contributed by atoms with E-state index in [9.17, 15) is 0 Å². The topological polar surface area (TPSA) is 12.9 Å². The van der Waals surface area contributed by atoms with Gasteiger partial charge in [0.25, 0.3) is 0 Å². The van der Waals surface area contributed by atoms with E-state index in [0.29, 0.717) is 10.2 Å². The monoisotopic (exact) mass is 297 g/mol. The lowest BCUT2D eigenvalue weighted by Crippen LogP contribution is -1.87. The van der Waals surface area contributed by atoms with Crippen LogP contribution < -0.4 is 0 Å². The average molecular weight is 298 g/mol. The van der Waals surface area contributed by atoms with Crippen molar-refractivity contribution < 1.29 is 0 Å². The molecule has 4 heteroatoms. The molecule has 94 valence electrons. The van der Waals surface area contributed by atoms with Crippen LogP contribution in [-0.4, -0.2) is 4.98 Å². The van der Waals surface area contributed by atoms with Crippen molar-refractivity contribution in [3.8, 4) is 0 Å². The molecular formula is C14H13Cl2NS. The first-order valence-corrected chi connectivity index (χ1v) is 7.30. The molecule has 0 aliphatic carbocycles. The van der Waals surface area contributed by atoms with Gasteiger partial charge in [-0.25, -0.2) is 4.98 Å². The number of thioether (sulfide) groups is 1.